The van der Waals surface area contributed by atoms with E-state index in [0.717, 1.165) is 0 Å². The summed E-state index contributed by atoms with van der Waals surface area (Å²) in [5.41, 5.74) is 0.696. The number of fused-ring (bicyclic) bond motifs is 1. The standard InChI is InChI=1S/C24H15Cl2NO6/c25-17-9-8-12(10-18(17)26)20(29)19(22-15-6-1-2-7-16(15)24(32)33-22)21(30)23(31)27-13-4-3-5-14(28)11-13/h1-11,19,22,28H,(H,27,31)/t19-,22+/m1/s1. The van der Waals surface area contributed by atoms with E-state index in [9.17, 15) is 24.3 Å². The number of carbonyl (C=O) groups is 4. The molecule has 0 aliphatic carbocycles. The SMILES string of the molecule is O=C(Nc1cccc(O)c1)C(=O)[C@@H](C(=O)c1ccc(Cl)c(Cl)c1)[C@H]1OC(=O)c2ccccc21. The lowest BCUT2D eigenvalue weighted by atomic mass is 9.84. The van der Waals surface area contributed by atoms with Crippen LogP contribution in [-0.2, 0) is 14.3 Å². The first-order valence-corrected chi connectivity index (χ1v) is 10.4. The fourth-order valence-corrected chi connectivity index (χ4v) is 3.86. The molecule has 0 saturated heterocycles. The third-order valence-corrected chi connectivity index (χ3v) is 5.86. The number of phenolic OH excluding ortho intramolecular Hbond substituents is 1. The van der Waals surface area contributed by atoms with Crippen LogP contribution >= 0.6 is 23.2 Å². The van der Waals surface area contributed by atoms with Crippen molar-refractivity contribution in [2.24, 2.45) is 5.92 Å². The lowest BCUT2D eigenvalue weighted by molar-refractivity contribution is -0.138. The number of esters is 1. The minimum Gasteiger partial charge on any atom is -0.508 e. The number of ether oxygens (including phenoxy) is 1. The third-order valence-electron chi connectivity index (χ3n) is 5.12. The molecule has 3 aromatic rings. The highest BCUT2D eigenvalue weighted by Gasteiger charge is 2.46. The van der Waals surface area contributed by atoms with E-state index in [0.29, 0.717) is 5.56 Å². The fraction of sp³-hybridized carbons (Fsp3) is 0.0833. The quantitative estimate of drug-likeness (QED) is 0.229. The Labute approximate surface area is 197 Å². The summed E-state index contributed by atoms with van der Waals surface area (Å²) in [5, 5.41) is 12.2. The second-order valence-corrected chi connectivity index (χ2v) is 8.07. The van der Waals surface area contributed by atoms with Gasteiger partial charge in [0.2, 0.25) is 5.78 Å². The number of anilines is 1. The summed E-state index contributed by atoms with van der Waals surface area (Å²) in [4.78, 5) is 51.8. The van der Waals surface area contributed by atoms with Gasteiger partial charge in [-0.1, -0.05) is 47.5 Å². The summed E-state index contributed by atoms with van der Waals surface area (Å²) in [5.74, 6) is -5.50. The van der Waals surface area contributed by atoms with Gasteiger partial charge in [-0.25, -0.2) is 4.79 Å². The Morgan fingerprint density at radius 2 is 1.70 bits per heavy atom. The van der Waals surface area contributed by atoms with Crippen molar-refractivity contribution in [2.75, 3.05) is 5.32 Å². The summed E-state index contributed by atoms with van der Waals surface area (Å²) >= 11 is 12.0. The van der Waals surface area contributed by atoms with E-state index in [1.165, 1.54) is 48.5 Å². The highest BCUT2D eigenvalue weighted by atomic mass is 35.5. The van der Waals surface area contributed by atoms with E-state index in [2.05, 4.69) is 5.32 Å². The molecule has 0 saturated carbocycles. The number of amides is 1. The van der Waals surface area contributed by atoms with Gasteiger partial charge < -0.3 is 15.2 Å². The minimum absolute atomic E-state index is 0.0216. The first-order chi connectivity index (χ1) is 15.8. The molecule has 0 fully saturated rings. The molecule has 2 N–H and O–H groups in total. The zero-order valence-electron chi connectivity index (χ0n) is 16.7. The smallest absolute Gasteiger partial charge is 0.339 e. The number of carbonyl (C=O) groups excluding carboxylic acids is 4. The van der Waals surface area contributed by atoms with Crippen LogP contribution in [0.3, 0.4) is 0 Å². The first-order valence-electron chi connectivity index (χ1n) is 9.69. The van der Waals surface area contributed by atoms with E-state index < -0.39 is 35.5 Å². The van der Waals surface area contributed by atoms with Crippen molar-refractivity contribution in [3.63, 3.8) is 0 Å². The van der Waals surface area contributed by atoms with Gasteiger partial charge in [0.05, 0.1) is 15.6 Å². The van der Waals surface area contributed by atoms with E-state index >= 15 is 0 Å². The normalized spacial score (nSPS) is 15.3. The van der Waals surface area contributed by atoms with Crippen LogP contribution in [-0.4, -0.2) is 28.5 Å². The number of hydrogen-bond donors (Lipinski definition) is 2. The Morgan fingerprint density at radius 1 is 0.939 bits per heavy atom. The van der Waals surface area contributed by atoms with Gasteiger partial charge in [-0.15, -0.1) is 0 Å². The zero-order chi connectivity index (χ0) is 23.7. The summed E-state index contributed by atoms with van der Waals surface area (Å²) in [7, 11) is 0. The predicted octanol–water partition coefficient (Wildman–Crippen LogP) is 4.62. The summed E-state index contributed by atoms with van der Waals surface area (Å²) in [6, 6.07) is 15.9. The lowest BCUT2D eigenvalue weighted by Crippen LogP contribution is -2.38. The molecule has 9 heteroatoms. The number of ketones is 2. The van der Waals surface area contributed by atoms with Crippen LogP contribution in [0.1, 0.15) is 32.4 Å². The summed E-state index contributed by atoms with van der Waals surface area (Å²) < 4.78 is 5.37. The second kappa shape index (κ2) is 9.05. The molecule has 3 aromatic carbocycles. The molecule has 1 aliphatic rings. The Kier molecular flexibility index (Phi) is 6.18. The highest BCUT2D eigenvalue weighted by molar-refractivity contribution is 6.46. The molecular weight excluding hydrogens is 469 g/mol. The van der Waals surface area contributed by atoms with E-state index in [4.69, 9.17) is 27.9 Å². The molecule has 1 amide bonds. The van der Waals surface area contributed by atoms with E-state index in [-0.39, 0.29) is 32.6 Å². The van der Waals surface area contributed by atoms with Crippen molar-refractivity contribution in [3.8, 4) is 5.75 Å². The van der Waals surface area contributed by atoms with Crippen LogP contribution in [0.2, 0.25) is 10.0 Å². The van der Waals surface area contributed by atoms with E-state index in [1.54, 1.807) is 18.2 Å². The van der Waals surface area contributed by atoms with Gasteiger partial charge in [0.25, 0.3) is 5.91 Å². The number of halogens is 2. The van der Waals surface area contributed by atoms with Crippen molar-refractivity contribution in [3.05, 3.63) is 93.5 Å². The number of phenols is 1. The second-order valence-electron chi connectivity index (χ2n) is 7.25. The van der Waals surface area contributed by atoms with Gasteiger partial charge in [-0.05, 0) is 36.4 Å². The molecule has 4 rings (SSSR count). The Balaban J connectivity index is 1.73. The molecule has 0 aromatic heterocycles. The van der Waals surface area contributed by atoms with Gasteiger partial charge in [-0.2, -0.15) is 0 Å². The van der Waals surface area contributed by atoms with Gasteiger partial charge in [0.15, 0.2) is 5.78 Å². The first kappa shape index (κ1) is 22.5. The monoisotopic (exact) mass is 483 g/mol. The maximum atomic E-state index is 13.4. The minimum atomic E-state index is -1.67. The van der Waals surface area contributed by atoms with Crippen LogP contribution in [0, 0.1) is 5.92 Å². The summed E-state index contributed by atoms with van der Waals surface area (Å²) in [6.07, 6.45) is -1.31. The van der Waals surface area contributed by atoms with Crippen molar-refractivity contribution < 1.29 is 29.0 Å². The van der Waals surface area contributed by atoms with Crippen LogP contribution in [0.15, 0.2) is 66.7 Å². The zero-order valence-corrected chi connectivity index (χ0v) is 18.3. The molecule has 1 heterocycles. The fourth-order valence-electron chi connectivity index (χ4n) is 3.56. The number of rotatable bonds is 6. The molecule has 166 valence electrons. The highest BCUT2D eigenvalue weighted by Crippen LogP contribution is 2.38. The Bertz CT molecular complexity index is 1310. The number of Topliss-reactive ketones (excluding diaryl/α,β-unsaturated/α-hetero) is 2. The number of benzene rings is 3. The molecule has 1 aliphatic heterocycles. The van der Waals surface area contributed by atoms with Gasteiger partial charge >= 0.3 is 5.97 Å². The molecular formula is C24H15Cl2NO6. The lowest BCUT2D eigenvalue weighted by Gasteiger charge is -2.21. The predicted molar refractivity (Wildman–Crippen MR) is 121 cm³/mol. The summed E-state index contributed by atoms with van der Waals surface area (Å²) in [6.45, 7) is 0. The molecule has 33 heavy (non-hydrogen) atoms. The van der Waals surface area contributed by atoms with Crippen LogP contribution in [0.4, 0.5) is 5.69 Å². The Morgan fingerprint density at radius 3 is 2.42 bits per heavy atom. The van der Waals surface area contributed by atoms with Crippen molar-refractivity contribution >= 4 is 52.3 Å². The Hall–Kier alpha value is -3.68. The van der Waals surface area contributed by atoms with Crippen molar-refractivity contribution in [2.45, 2.75) is 6.10 Å². The van der Waals surface area contributed by atoms with Crippen LogP contribution in [0.5, 0.6) is 5.75 Å². The van der Waals surface area contributed by atoms with Crippen molar-refractivity contribution in [1.29, 1.82) is 0 Å². The maximum absolute atomic E-state index is 13.4. The third kappa shape index (κ3) is 4.46. The maximum Gasteiger partial charge on any atom is 0.339 e. The average molecular weight is 484 g/mol. The van der Waals surface area contributed by atoms with Gasteiger partial charge in [0, 0.05) is 22.9 Å². The van der Waals surface area contributed by atoms with Crippen molar-refractivity contribution in [1.82, 2.24) is 0 Å². The molecule has 2 atom stereocenters. The van der Waals surface area contributed by atoms with Gasteiger partial charge in [-0.3, -0.25) is 14.4 Å². The topological polar surface area (TPSA) is 110 Å². The van der Waals surface area contributed by atoms with Crippen LogP contribution in [0.25, 0.3) is 0 Å². The van der Waals surface area contributed by atoms with E-state index in [1.807, 2.05) is 0 Å². The largest absolute Gasteiger partial charge is 0.508 e. The number of aromatic hydroxyl groups is 1. The number of hydrogen-bond acceptors (Lipinski definition) is 6. The molecule has 0 bridgehead atoms. The van der Waals surface area contributed by atoms with Gasteiger partial charge in [0.1, 0.15) is 17.8 Å². The van der Waals surface area contributed by atoms with Crippen LogP contribution < -0.4 is 5.32 Å². The average Bonchev–Trinajstić information content (AvgIpc) is 3.12. The number of nitrogens with one attached hydrogen (secondary N) is 1. The molecule has 0 radical (unpaired) electrons. The number of cyclic esters (lactones) is 1. The molecule has 7 nitrogen and oxygen atoms in total. The molecule has 0 spiro atoms. The molecule has 0 unspecified atom stereocenters.